The van der Waals surface area contributed by atoms with Crippen LogP contribution in [-0.2, 0) is 11.2 Å². The van der Waals surface area contributed by atoms with E-state index in [1.165, 1.54) is 89.0 Å². The molecule has 0 amide bonds. The van der Waals surface area contributed by atoms with Gasteiger partial charge in [-0.2, -0.15) is 0 Å². The summed E-state index contributed by atoms with van der Waals surface area (Å²) >= 11 is 0. The number of rotatable bonds is 23. The Kier molecular flexibility index (Phi) is 17.8. The molecule has 37 heavy (non-hydrogen) atoms. The fourth-order valence-electron chi connectivity index (χ4n) is 4.63. The van der Waals surface area contributed by atoms with Crippen LogP contribution in [0, 0.1) is 0 Å². The first-order chi connectivity index (χ1) is 18.2. The fraction of sp³-hybridized carbons (Fsp3) is 0.697. The molecule has 1 aromatic carbocycles. The van der Waals surface area contributed by atoms with Crippen LogP contribution in [0.2, 0.25) is 0 Å². The molecular formula is C33H54N2O2. The van der Waals surface area contributed by atoms with Crippen LogP contribution in [0.4, 0.5) is 0 Å². The van der Waals surface area contributed by atoms with Gasteiger partial charge in [0.1, 0.15) is 0 Å². The quantitative estimate of drug-likeness (QED) is 0.140. The summed E-state index contributed by atoms with van der Waals surface area (Å²) in [4.78, 5) is 9.05. The van der Waals surface area contributed by atoms with E-state index in [9.17, 15) is 0 Å². The molecule has 0 saturated heterocycles. The van der Waals surface area contributed by atoms with Crippen LogP contribution in [-0.4, -0.2) is 29.3 Å². The fourth-order valence-corrected chi connectivity index (χ4v) is 4.63. The molecule has 1 aromatic heterocycles. The maximum atomic E-state index is 6.00. The van der Waals surface area contributed by atoms with Crippen LogP contribution in [0.3, 0.4) is 0 Å². The van der Waals surface area contributed by atoms with Crippen LogP contribution >= 0.6 is 0 Å². The second-order valence-corrected chi connectivity index (χ2v) is 10.6. The van der Waals surface area contributed by atoms with Gasteiger partial charge in [0.05, 0.1) is 25.1 Å². The predicted molar refractivity (Wildman–Crippen MR) is 157 cm³/mol. The minimum absolute atomic E-state index is 0.347. The summed E-state index contributed by atoms with van der Waals surface area (Å²) in [6, 6.07) is 8.66. The van der Waals surface area contributed by atoms with Gasteiger partial charge in [-0.3, -0.25) is 0 Å². The zero-order chi connectivity index (χ0) is 26.4. The average molecular weight is 511 g/mol. The van der Waals surface area contributed by atoms with Gasteiger partial charge >= 0.3 is 0 Å². The van der Waals surface area contributed by atoms with Crippen LogP contribution < -0.4 is 4.74 Å². The third kappa shape index (κ3) is 15.2. The Bertz CT molecular complexity index is 776. The highest BCUT2D eigenvalue weighted by Gasteiger charge is 2.05. The molecule has 1 heterocycles. The topological polar surface area (TPSA) is 44.2 Å². The molecule has 0 saturated carbocycles. The van der Waals surface area contributed by atoms with E-state index in [0.29, 0.717) is 6.10 Å². The van der Waals surface area contributed by atoms with E-state index in [1.54, 1.807) is 12.4 Å². The van der Waals surface area contributed by atoms with Crippen LogP contribution in [0.25, 0.3) is 11.4 Å². The highest BCUT2D eigenvalue weighted by atomic mass is 16.5. The second kappa shape index (κ2) is 21.0. The van der Waals surface area contributed by atoms with Gasteiger partial charge in [-0.1, -0.05) is 115 Å². The maximum Gasteiger partial charge on any atom is 0.159 e. The van der Waals surface area contributed by atoms with E-state index in [0.717, 1.165) is 56.0 Å². The van der Waals surface area contributed by atoms with Crippen molar-refractivity contribution >= 4 is 0 Å². The summed E-state index contributed by atoms with van der Waals surface area (Å²) in [5.74, 6) is 1.51. The van der Waals surface area contributed by atoms with Crippen molar-refractivity contribution in [2.24, 2.45) is 0 Å². The number of ether oxygens (including phenoxy) is 2. The van der Waals surface area contributed by atoms with Crippen LogP contribution in [0.15, 0.2) is 36.7 Å². The maximum absolute atomic E-state index is 6.00. The summed E-state index contributed by atoms with van der Waals surface area (Å²) in [6.45, 7) is 8.39. The minimum Gasteiger partial charge on any atom is -0.490 e. The van der Waals surface area contributed by atoms with Gasteiger partial charge < -0.3 is 9.47 Å². The minimum atomic E-state index is 0.347. The third-order valence-electron chi connectivity index (χ3n) is 7.08. The molecule has 0 aliphatic heterocycles. The number of hydrogen-bond acceptors (Lipinski definition) is 4. The standard InChI is InChI=1S/C33H54N2O2/c1-4-6-8-10-12-13-15-17-26-37-32-27-34-33(35-28-32)31-23-21-30(22-24-31)20-18-19-29(3)36-25-16-14-11-9-7-5-2/h21-24,27-29H,4-20,25-26H2,1-3H3. The molecule has 4 nitrogen and oxygen atoms in total. The molecule has 1 atom stereocenters. The summed E-state index contributed by atoms with van der Waals surface area (Å²) in [6.07, 6.45) is 25.6. The first-order valence-corrected chi connectivity index (χ1v) is 15.4. The van der Waals surface area contributed by atoms with E-state index in [4.69, 9.17) is 9.47 Å². The summed E-state index contributed by atoms with van der Waals surface area (Å²) in [7, 11) is 0. The normalized spacial score (nSPS) is 12.1. The molecule has 4 heteroatoms. The first kappa shape index (κ1) is 31.3. The molecule has 0 aliphatic carbocycles. The first-order valence-electron chi connectivity index (χ1n) is 15.4. The van der Waals surface area contributed by atoms with Crippen LogP contribution in [0.5, 0.6) is 5.75 Å². The molecule has 1 unspecified atom stereocenters. The van der Waals surface area contributed by atoms with E-state index < -0.39 is 0 Å². The number of aryl methyl sites for hydroxylation is 1. The Morgan fingerprint density at radius 1 is 0.649 bits per heavy atom. The van der Waals surface area contributed by atoms with Crippen molar-refractivity contribution in [3.63, 3.8) is 0 Å². The molecule has 2 aromatic rings. The lowest BCUT2D eigenvalue weighted by atomic mass is 10.0. The number of hydrogen-bond donors (Lipinski definition) is 0. The summed E-state index contributed by atoms with van der Waals surface area (Å²) < 4.78 is 11.8. The van der Waals surface area contributed by atoms with Crippen molar-refractivity contribution < 1.29 is 9.47 Å². The van der Waals surface area contributed by atoms with Crippen molar-refractivity contribution in [3.8, 4) is 17.1 Å². The highest BCUT2D eigenvalue weighted by Crippen LogP contribution is 2.19. The lowest BCUT2D eigenvalue weighted by Crippen LogP contribution is -2.09. The van der Waals surface area contributed by atoms with E-state index in [1.807, 2.05) is 0 Å². The second-order valence-electron chi connectivity index (χ2n) is 10.6. The molecule has 0 fully saturated rings. The smallest absolute Gasteiger partial charge is 0.159 e. The molecular weight excluding hydrogens is 456 g/mol. The Balaban J connectivity index is 1.57. The molecule has 0 bridgehead atoms. The molecule has 0 radical (unpaired) electrons. The van der Waals surface area contributed by atoms with Crippen molar-refractivity contribution in [2.75, 3.05) is 13.2 Å². The van der Waals surface area contributed by atoms with Gasteiger partial charge in [-0.15, -0.1) is 0 Å². The van der Waals surface area contributed by atoms with E-state index in [2.05, 4.69) is 55.0 Å². The van der Waals surface area contributed by atoms with Gasteiger partial charge in [0.15, 0.2) is 11.6 Å². The largest absolute Gasteiger partial charge is 0.490 e. The Hall–Kier alpha value is -1.94. The summed E-state index contributed by atoms with van der Waals surface area (Å²) in [5.41, 5.74) is 2.41. The average Bonchev–Trinajstić information content (AvgIpc) is 2.92. The van der Waals surface area contributed by atoms with Gasteiger partial charge in [0.25, 0.3) is 0 Å². The molecule has 208 valence electrons. The van der Waals surface area contributed by atoms with Crippen molar-refractivity contribution in [2.45, 2.75) is 136 Å². The van der Waals surface area contributed by atoms with Crippen molar-refractivity contribution in [3.05, 3.63) is 42.2 Å². The number of aromatic nitrogens is 2. The lowest BCUT2D eigenvalue weighted by Gasteiger charge is -2.13. The van der Waals surface area contributed by atoms with Crippen molar-refractivity contribution in [1.82, 2.24) is 9.97 Å². The van der Waals surface area contributed by atoms with Gasteiger partial charge in [-0.25, -0.2) is 9.97 Å². The van der Waals surface area contributed by atoms with Crippen molar-refractivity contribution in [1.29, 1.82) is 0 Å². The Morgan fingerprint density at radius 2 is 1.19 bits per heavy atom. The van der Waals surface area contributed by atoms with E-state index in [-0.39, 0.29) is 0 Å². The summed E-state index contributed by atoms with van der Waals surface area (Å²) in [5, 5.41) is 0. The zero-order valence-electron chi connectivity index (χ0n) is 24.2. The number of unbranched alkanes of at least 4 members (excludes halogenated alkanes) is 12. The molecule has 0 aliphatic rings. The number of benzene rings is 1. The highest BCUT2D eigenvalue weighted by molar-refractivity contribution is 5.55. The number of nitrogens with zero attached hydrogens (tertiary/aromatic N) is 2. The van der Waals surface area contributed by atoms with Gasteiger partial charge in [-0.05, 0) is 44.6 Å². The Morgan fingerprint density at radius 3 is 1.78 bits per heavy atom. The third-order valence-corrected chi connectivity index (χ3v) is 7.08. The molecule has 2 rings (SSSR count). The monoisotopic (exact) mass is 510 g/mol. The van der Waals surface area contributed by atoms with Gasteiger partial charge in [0, 0.05) is 12.2 Å². The lowest BCUT2D eigenvalue weighted by molar-refractivity contribution is 0.0562. The van der Waals surface area contributed by atoms with Gasteiger partial charge in [0.2, 0.25) is 0 Å². The van der Waals surface area contributed by atoms with Crippen LogP contribution in [0.1, 0.15) is 129 Å². The zero-order valence-corrected chi connectivity index (χ0v) is 24.2. The molecule has 0 spiro atoms. The Labute approximate surface area is 228 Å². The molecule has 0 N–H and O–H groups in total. The predicted octanol–water partition coefficient (Wildman–Crippen LogP) is 9.75. The SMILES string of the molecule is CCCCCCCCCCOc1cnc(-c2ccc(CCCC(C)OCCCCCCCC)cc2)nc1. The van der Waals surface area contributed by atoms with E-state index >= 15 is 0 Å².